The highest BCUT2D eigenvalue weighted by Crippen LogP contribution is 2.34. The van der Waals surface area contributed by atoms with Crippen molar-refractivity contribution in [2.75, 3.05) is 6.79 Å². The van der Waals surface area contributed by atoms with Gasteiger partial charge in [-0.25, -0.2) is 0 Å². The molecule has 0 spiro atoms. The minimum absolute atomic E-state index is 0.00141. The zero-order valence-electron chi connectivity index (χ0n) is 14.3. The molecule has 0 radical (unpaired) electrons. The van der Waals surface area contributed by atoms with Crippen LogP contribution in [0.1, 0.15) is 24.1 Å². The van der Waals surface area contributed by atoms with Crippen molar-refractivity contribution in [2.24, 2.45) is 7.05 Å². The molecule has 1 N–H and O–H groups in total. The fourth-order valence-electron chi connectivity index (χ4n) is 3.30. The molecule has 1 aromatic heterocycles. The second-order valence-corrected chi connectivity index (χ2v) is 6.36. The van der Waals surface area contributed by atoms with Crippen molar-refractivity contribution in [3.05, 3.63) is 59.8 Å². The Morgan fingerprint density at radius 1 is 1.20 bits per heavy atom. The van der Waals surface area contributed by atoms with Gasteiger partial charge in [-0.2, -0.15) is 0 Å². The van der Waals surface area contributed by atoms with Crippen molar-refractivity contribution in [1.29, 1.82) is 0 Å². The molecule has 0 aliphatic carbocycles. The molecule has 0 unspecified atom stereocenters. The Hall–Kier alpha value is -2.95. The SMILES string of the molecule is C[C@@H](NC(=O)Cc1cn(C)c2ccccc12)c1ccc2c(c1)OCO2. The molecule has 1 aliphatic heterocycles. The average molecular weight is 336 g/mol. The van der Waals surface area contributed by atoms with Crippen LogP contribution in [0, 0.1) is 0 Å². The third-order valence-corrected chi connectivity index (χ3v) is 4.60. The number of fused-ring (bicyclic) bond motifs is 2. The Balaban J connectivity index is 1.48. The van der Waals surface area contributed by atoms with Crippen LogP contribution in [-0.2, 0) is 18.3 Å². The fraction of sp³-hybridized carbons (Fsp3) is 0.250. The molecular weight excluding hydrogens is 316 g/mol. The van der Waals surface area contributed by atoms with Gasteiger partial charge in [-0.3, -0.25) is 4.79 Å². The minimum atomic E-state index is -0.100. The van der Waals surface area contributed by atoms with Crippen molar-refractivity contribution >= 4 is 16.8 Å². The number of carbonyl (C=O) groups is 1. The monoisotopic (exact) mass is 336 g/mol. The van der Waals surface area contributed by atoms with Crippen LogP contribution < -0.4 is 14.8 Å². The van der Waals surface area contributed by atoms with Crippen molar-refractivity contribution in [2.45, 2.75) is 19.4 Å². The largest absolute Gasteiger partial charge is 0.454 e. The lowest BCUT2D eigenvalue weighted by Crippen LogP contribution is -2.28. The van der Waals surface area contributed by atoms with E-state index in [0.717, 1.165) is 33.5 Å². The van der Waals surface area contributed by atoms with Gasteiger partial charge < -0.3 is 19.4 Å². The molecule has 0 bridgehead atoms. The minimum Gasteiger partial charge on any atom is -0.454 e. The Kier molecular flexibility index (Phi) is 3.84. The third kappa shape index (κ3) is 2.93. The van der Waals surface area contributed by atoms with E-state index >= 15 is 0 Å². The van der Waals surface area contributed by atoms with Crippen LogP contribution in [0.3, 0.4) is 0 Å². The smallest absolute Gasteiger partial charge is 0.231 e. The lowest BCUT2D eigenvalue weighted by atomic mass is 10.1. The maximum atomic E-state index is 12.5. The number of para-hydroxylation sites is 1. The fourth-order valence-corrected chi connectivity index (χ4v) is 3.30. The summed E-state index contributed by atoms with van der Waals surface area (Å²) in [5, 5.41) is 4.19. The summed E-state index contributed by atoms with van der Waals surface area (Å²) >= 11 is 0. The van der Waals surface area contributed by atoms with Crippen molar-refractivity contribution in [3.8, 4) is 11.5 Å². The lowest BCUT2D eigenvalue weighted by molar-refractivity contribution is -0.121. The van der Waals surface area contributed by atoms with E-state index in [1.165, 1.54) is 0 Å². The molecule has 4 rings (SSSR count). The summed E-state index contributed by atoms with van der Waals surface area (Å²) < 4.78 is 12.8. The van der Waals surface area contributed by atoms with E-state index in [4.69, 9.17) is 9.47 Å². The summed E-state index contributed by atoms with van der Waals surface area (Å²) in [6.07, 6.45) is 2.38. The number of amides is 1. The quantitative estimate of drug-likeness (QED) is 0.795. The van der Waals surface area contributed by atoms with E-state index in [1.807, 2.05) is 50.5 Å². The van der Waals surface area contributed by atoms with Crippen LogP contribution in [0.15, 0.2) is 48.7 Å². The molecule has 25 heavy (non-hydrogen) atoms. The normalized spacial score (nSPS) is 13.8. The molecule has 3 aromatic rings. The number of hydrogen-bond acceptors (Lipinski definition) is 3. The predicted octanol–water partition coefficient (Wildman–Crippen LogP) is 3.33. The van der Waals surface area contributed by atoms with E-state index in [2.05, 4.69) is 22.0 Å². The maximum absolute atomic E-state index is 12.5. The molecule has 1 amide bonds. The Morgan fingerprint density at radius 2 is 2.00 bits per heavy atom. The molecule has 1 aliphatic rings. The van der Waals surface area contributed by atoms with E-state index in [-0.39, 0.29) is 18.7 Å². The van der Waals surface area contributed by atoms with Gasteiger partial charge in [-0.05, 0) is 36.2 Å². The Bertz CT molecular complexity index is 945. The number of carbonyl (C=O) groups excluding carboxylic acids is 1. The molecule has 2 aromatic carbocycles. The Labute approximate surface area is 146 Å². The van der Waals surface area contributed by atoms with Crippen molar-refractivity contribution < 1.29 is 14.3 Å². The second kappa shape index (κ2) is 6.16. The Morgan fingerprint density at radius 3 is 2.88 bits per heavy atom. The topological polar surface area (TPSA) is 52.5 Å². The number of aryl methyl sites for hydroxylation is 1. The molecule has 0 fully saturated rings. The van der Waals surface area contributed by atoms with Gasteiger partial charge in [-0.15, -0.1) is 0 Å². The number of nitrogens with zero attached hydrogens (tertiary/aromatic N) is 1. The highest BCUT2D eigenvalue weighted by Gasteiger charge is 2.17. The molecule has 1 atom stereocenters. The van der Waals surface area contributed by atoms with Crippen LogP contribution in [0.5, 0.6) is 11.5 Å². The van der Waals surface area contributed by atoms with E-state index in [9.17, 15) is 4.79 Å². The zero-order valence-corrected chi connectivity index (χ0v) is 14.3. The van der Waals surface area contributed by atoms with Gasteiger partial charge in [0.15, 0.2) is 11.5 Å². The number of rotatable bonds is 4. The van der Waals surface area contributed by atoms with Gasteiger partial charge in [0.2, 0.25) is 12.7 Å². The first kappa shape index (κ1) is 15.6. The summed E-state index contributed by atoms with van der Waals surface area (Å²) in [5.41, 5.74) is 3.16. The van der Waals surface area contributed by atoms with Gasteiger partial charge in [0.05, 0.1) is 12.5 Å². The lowest BCUT2D eigenvalue weighted by Gasteiger charge is -2.14. The molecule has 5 nitrogen and oxygen atoms in total. The number of aromatic nitrogens is 1. The summed E-state index contributed by atoms with van der Waals surface area (Å²) in [4.78, 5) is 12.5. The average Bonchev–Trinajstić information content (AvgIpc) is 3.19. The first-order valence-corrected chi connectivity index (χ1v) is 8.33. The maximum Gasteiger partial charge on any atom is 0.231 e. The van der Waals surface area contributed by atoms with Gasteiger partial charge in [0, 0.05) is 24.1 Å². The summed E-state index contributed by atoms with van der Waals surface area (Å²) in [6, 6.07) is 13.8. The van der Waals surface area contributed by atoms with E-state index in [0.29, 0.717) is 6.42 Å². The van der Waals surface area contributed by atoms with Crippen LogP contribution >= 0.6 is 0 Å². The summed E-state index contributed by atoms with van der Waals surface area (Å²) in [7, 11) is 2.00. The second-order valence-electron chi connectivity index (χ2n) is 6.36. The van der Waals surface area contributed by atoms with Gasteiger partial charge in [0.25, 0.3) is 0 Å². The number of ether oxygens (including phenoxy) is 2. The van der Waals surface area contributed by atoms with E-state index in [1.54, 1.807) is 0 Å². The van der Waals surface area contributed by atoms with Crippen molar-refractivity contribution in [3.63, 3.8) is 0 Å². The van der Waals surface area contributed by atoms with Crippen LogP contribution in [0.25, 0.3) is 10.9 Å². The van der Waals surface area contributed by atoms with Gasteiger partial charge in [0.1, 0.15) is 0 Å². The van der Waals surface area contributed by atoms with Crippen LogP contribution in [-0.4, -0.2) is 17.3 Å². The molecule has 5 heteroatoms. The molecule has 2 heterocycles. The molecular formula is C20H20N2O3. The van der Waals surface area contributed by atoms with Gasteiger partial charge >= 0.3 is 0 Å². The highest BCUT2D eigenvalue weighted by atomic mass is 16.7. The zero-order chi connectivity index (χ0) is 17.4. The van der Waals surface area contributed by atoms with E-state index < -0.39 is 0 Å². The van der Waals surface area contributed by atoms with Crippen LogP contribution in [0.2, 0.25) is 0 Å². The molecule has 0 saturated heterocycles. The summed E-state index contributed by atoms with van der Waals surface area (Å²) in [5.74, 6) is 1.48. The molecule has 128 valence electrons. The van der Waals surface area contributed by atoms with Gasteiger partial charge in [-0.1, -0.05) is 24.3 Å². The predicted molar refractivity (Wildman–Crippen MR) is 95.7 cm³/mol. The van der Waals surface area contributed by atoms with Crippen LogP contribution in [0.4, 0.5) is 0 Å². The van der Waals surface area contributed by atoms with Crippen molar-refractivity contribution in [1.82, 2.24) is 9.88 Å². The first-order valence-electron chi connectivity index (χ1n) is 8.33. The highest BCUT2D eigenvalue weighted by molar-refractivity contribution is 5.89. The third-order valence-electron chi connectivity index (χ3n) is 4.60. The molecule has 0 saturated carbocycles. The number of benzene rings is 2. The summed E-state index contributed by atoms with van der Waals surface area (Å²) in [6.45, 7) is 2.22. The standard InChI is InChI=1S/C20H20N2O3/c1-13(14-7-8-18-19(9-14)25-12-24-18)21-20(23)10-15-11-22(2)17-6-4-3-5-16(15)17/h3-9,11,13H,10,12H2,1-2H3,(H,21,23)/t13-/m1/s1. The number of nitrogens with one attached hydrogen (secondary N) is 1. The first-order chi connectivity index (χ1) is 12.1. The number of hydrogen-bond donors (Lipinski definition) is 1.